The first kappa shape index (κ1) is 21.7. The van der Waals surface area contributed by atoms with E-state index in [1.165, 1.54) is 17.9 Å². The number of aryl methyl sites for hydroxylation is 3. The number of hydrogen-bond donors (Lipinski definition) is 1. The molecular weight excluding hydrogens is 418 g/mol. The lowest BCUT2D eigenvalue weighted by Crippen LogP contribution is -2.44. The predicted octanol–water partition coefficient (Wildman–Crippen LogP) is 2.88. The number of anilines is 2. The second-order valence-electron chi connectivity index (χ2n) is 7.86. The van der Waals surface area contributed by atoms with E-state index in [1.54, 1.807) is 6.20 Å². The van der Waals surface area contributed by atoms with E-state index in [-0.39, 0.29) is 24.2 Å². The Balaban J connectivity index is 1.48. The summed E-state index contributed by atoms with van der Waals surface area (Å²) in [5, 5.41) is 11.2. The SMILES string of the molecule is COc1c(F)cc(F)cc1Cn1cc(CCc2cc3c(c(C)n2)NC(=O)[C@H](C)N3C)nn1. The summed E-state index contributed by atoms with van der Waals surface area (Å²) in [6.07, 6.45) is 2.95. The molecule has 0 fully saturated rings. The zero-order chi connectivity index (χ0) is 23.0. The molecule has 4 rings (SSSR count). The highest BCUT2D eigenvalue weighted by atomic mass is 19.1. The number of hydrogen-bond acceptors (Lipinski definition) is 6. The van der Waals surface area contributed by atoms with Crippen LogP contribution in [0.2, 0.25) is 0 Å². The first-order chi connectivity index (χ1) is 15.3. The molecule has 0 aliphatic carbocycles. The summed E-state index contributed by atoms with van der Waals surface area (Å²) in [5.74, 6) is -1.50. The summed E-state index contributed by atoms with van der Waals surface area (Å²) in [5.41, 5.74) is 4.37. The number of ether oxygens (including phenoxy) is 1. The van der Waals surface area contributed by atoms with Crippen LogP contribution >= 0.6 is 0 Å². The monoisotopic (exact) mass is 442 g/mol. The van der Waals surface area contributed by atoms with Crippen LogP contribution in [0.1, 0.15) is 29.6 Å². The molecule has 1 atom stereocenters. The number of rotatable bonds is 6. The van der Waals surface area contributed by atoms with E-state index in [0.29, 0.717) is 18.4 Å². The van der Waals surface area contributed by atoms with Crippen LogP contribution in [-0.4, -0.2) is 46.1 Å². The maximum absolute atomic E-state index is 13.9. The second kappa shape index (κ2) is 8.52. The van der Waals surface area contributed by atoms with Crippen LogP contribution in [-0.2, 0) is 24.2 Å². The standard InChI is InChI=1S/C22H24F2N6O2/c1-12-20-19(29(3)13(2)22(31)26-20)9-16(25-12)5-6-17-11-30(28-27-17)10-14-7-15(23)8-18(24)21(14)32-4/h7-9,11,13H,5-6,10H2,1-4H3,(H,26,31)/t13-/m0/s1. The number of likely N-dealkylation sites (N-methyl/N-ethyl adjacent to an activating group) is 1. The van der Waals surface area contributed by atoms with Crippen molar-refractivity contribution < 1.29 is 18.3 Å². The second-order valence-corrected chi connectivity index (χ2v) is 7.86. The Labute approximate surface area is 184 Å². The van der Waals surface area contributed by atoms with Crippen LogP contribution in [0.25, 0.3) is 0 Å². The molecule has 0 bridgehead atoms. The molecule has 2 aromatic heterocycles. The smallest absolute Gasteiger partial charge is 0.246 e. The van der Waals surface area contributed by atoms with Gasteiger partial charge in [0.25, 0.3) is 0 Å². The molecule has 168 valence electrons. The molecule has 1 amide bonds. The minimum atomic E-state index is -0.757. The molecule has 8 nitrogen and oxygen atoms in total. The van der Waals surface area contributed by atoms with Crippen LogP contribution in [0.5, 0.6) is 5.75 Å². The summed E-state index contributed by atoms with van der Waals surface area (Å²) in [7, 11) is 3.23. The molecule has 1 N–H and O–H groups in total. The number of amides is 1. The van der Waals surface area contributed by atoms with Crippen LogP contribution < -0.4 is 15.0 Å². The lowest BCUT2D eigenvalue weighted by atomic mass is 10.1. The van der Waals surface area contributed by atoms with Gasteiger partial charge in [-0.1, -0.05) is 5.21 Å². The number of halogens is 2. The van der Waals surface area contributed by atoms with E-state index in [1.807, 2.05) is 31.9 Å². The summed E-state index contributed by atoms with van der Waals surface area (Å²) in [6, 6.07) is 3.72. The van der Waals surface area contributed by atoms with Gasteiger partial charge in [0.15, 0.2) is 11.6 Å². The fourth-order valence-electron chi connectivity index (χ4n) is 3.81. The average molecular weight is 442 g/mol. The van der Waals surface area contributed by atoms with Gasteiger partial charge in [-0.25, -0.2) is 13.5 Å². The summed E-state index contributed by atoms with van der Waals surface area (Å²) < 4.78 is 34.1. The fraction of sp³-hybridized carbons (Fsp3) is 0.364. The minimum Gasteiger partial charge on any atom is -0.493 e. The van der Waals surface area contributed by atoms with Crippen molar-refractivity contribution in [1.29, 1.82) is 0 Å². The van der Waals surface area contributed by atoms with Gasteiger partial charge in [-0.3, -0.25) is 9.78 Å². The summed E-state index contributed by atoms with van der Waals surface area (Å²) in [4.78, 5) is 18.6. The Morgan fingerprint density at radius 2 is 1.94 bits per heavy atom. The Bertz CT molecular complexity index is 1180. The van der Waals surface area contributed by atoms with Crippen molar-refractivity contribution >= 4 is 17.3 Å². The van der Waals surface area contributed by atoms with Crippen molar-refractivity contribution in [3.8, 4) is 5.75 Å². The first-order valence-electron chi connectivity index (χ1n) is 10.2. The third-order valence-corrected chi connectivity index (χ3v) is 5.67. The van der Waals surface area contributed by atoms with Crippen LogP contribution in [0, 0.1) is 18.6 Å². The number of fused-ring (bicyclic) bond motifs is 1. The average Bonchev–Trinajstić information content (AvgIpc) is 3.18. The maximum Gasteiger partial charge on any atom is 0.246 e. The van der Waals surface area contributed by atoms with Gasteiger partial charge in [-0.15, -0.1) is 5.10 Å². The Kier molecular flexibility index (Phi) is 5.77. The van der Waals surface area contributed by atoms with Gasteiger partial charge in [0.1, 0.15) is 11.9 Å². The highest BCUT2D eigenvalue weighted by Crippen LogP contribution is 2.33. The van der Waals surface area contributed by atoms with Crippen molar-refractivity contribution in [1.82, 2.24) is 20.0 Å². The van der Waals surface area contributed by atoms with Crippen molar-refractivity contribution in [2.45, 2.75) is 39.3 Å². The largest absolute Gasteiger partial charge is 0.493 e. The molecule has 0 radical (unpaired) electrons. The fourth-order valence-corrected chi connectivity index (χ4v) is 3.81. The molecular formula is C22H24F2N6O2. The van der Waals surface area contributed by atoms with E-state index < -0.39 is 11.6 Å². The number of methoxy groups -OCH3 is 1. The van der Waals surface area contributed by atoms with Crippen LogP contribution in [0.3, 0.4) is 0 Å². The van der Waals surface area contributed by atoms with Gasteiger partial charge in [0.05, 0.1) is 36.4 Å². The Morgan fingerprint density at radius 1 is 1.19 bits per heavy atom. The predicted molar refractivity (Wildman–Crippen MR) is 115 cm³/mol. The molecule has 0 spiro atoms. The van der Waals surface area contributed by atoms with Gasteiger partial charge < -0.3 is 15.0 Å². The first-order valence-corrected chi connectivity index (χ1v) is 10.2. The zero-order valence-electron chi connectivity index (χ0n) is 18.3. The molecule has 1 aromatic carbocycles. The van der Waals surface area contributed by atoms with Crippen molar-refractivity contribution in [3.05, 3.63) is 58.7 Å². The van der Waals surface area contributed by atoms with Gasteiger partial charge in [0.2, 0.25) is 5.91 Å². The van der Waals surface area contributed by atoms with Crippen LogP contribution in [0.4, 0.5) is 20.2 Å². The highest BCUT2D eigenvalue weighted by molar-refractivity contribution is 6.03. The van der Waals surface area contributed by atoms with Gasteiger partial charge in [-0.05, 0) is 38.8 Å². The molecule has 1 aliphatic rings. The zero-order valence-corrected chi connectivity index (χ0v) is 18.3. The third-order valence-electron chi connectivity index (χ3n) is 5.67. The van der Waals surface area contributed by atoms with Crippen molar-refractivity contribution in [2.75, 3.05) is 24.4 Å². The van der Waals surface area contributed by atoms with E-state index in [4.69, 9.17) is 4.74 Å². The number of nitrogens with one attached hydrogen (secondary N) is 1. The molecule has 1 aliphatic heterocycles. The van der Waals surface area contributed by atoms with E-state index in [2.05, 4.69) is 20.6 Å². The molecule has 0 saturated heterocycles. The summed E-state index contributed by atoms with van der Waals surface area (Å²) >= 11 is 0. The topological polar surface area (TPSA) is 85.2 Å². The van der Waals surface area contributed by atoms with Crippen LogP contribution in [0.15, 0.2) is 24.4 Å². The molecule has 32 heavy (non-hydrogen) atoms. The lowest BCUT2D eigenvalue weighted by Gasteiger charge is -2.34. The number of nitrogens with zero attached hydrogens (tertiary/aromatic N) is 5. The third kappa shape index (κ3) is 4.12. The van der Waals surface area contributed by atoms with Gasteiger partial charge >= 0.3 is 0 Å². The Hall–Kier alpha value is -3.56. The molecule has 3 heterocycles. The summed E-state index contributed by atoms with van der Waals surface area (Å²) in [6.45, 7) is 3.85. The number of aromatic nitrogens is 4. The quantitative estimate of drug-likeness (QED) is 0.632. The molecule has 0 saturated carbocycles. The maximum atomic E-state index is 13.9. The molecule has 0 unspecified atom stereocenters. The number of pyridine rings is 1. The molecule has 3 aromatic rings. The normalized spacial score (nSPS) is 15.5. The highest BCUT2D eigenvalue weighted by Gasteiger charge is 2.28. The number of carbonyl (C=O) groups is 1. The van der Waals surface area contributed by atoms with Crippen molar-refractivity contribution in [2.24, 2.45) is 0 Å². The molecule has 10 heteroatoms. The van der Waals surface area contributed by atoms with Gasteiger partial charge in [0, 0.05) is 30.6 Å². The number of benzene rings is 1. The number of carbonyl (C=O) groups excluding carboxylic acids is 1. The van der Waals surface area contributed by atoms with E-state index in [0.717, 1.165) is 34.5 Å². The Morgan fingerprint density at radius 3 is 2.69 bits per heavy atom. The van der Waals surface area contributed by atoms with E-state index in [9.17, 15) is 13.6 Å². The lowest BCUT2D eigenvalue weighted by molar-refractivity contribution is -0.117. The minimum absolute atomic E-state index is 0.0115. The van der Waals surface area contributed by atoms with Gasteiger partial charge in [-0.2, -0.15) is 0 Å². The van der Waals surface area contributed by atoms with E-state index >= 15 is 0 Å². The van der Waals surface area contributed by atoms with Crippen molar-refractivity contribution in [3.63, 3.8) is 0 Å².